The van der Waals surface area contributed by atoms with Crippen LogP contribution in [0.5, 0.6) is 0 Å². The van der Waals surface area contributed by atoms with E-state index >= 15 is 0 Å². The molecule has 2 aliphatic heterocycles. The van der Waals surface area contributed by atoms with Gasteiger partial charge in [0.15, 0.2) is 35.4 Å². The minimum atomic E-state index is -4.62. The number of phosphoric ester groups is 1. The number of ether oxygens (including phenoxy) is 5. The van der Waals surface area contributed by atoms with Crippen molar-refractivity contribution in [2.24, 2.45) is 5.92 Å². The summed E-state index contributed by atoms with van der Waals surface area (Å²) in [6, 6.07) is 0. The van der Waals surface area contributed by atoms with Crippen molar-refractivity contribution in [1.29, 1.82) is 0 Å². The van der Waals surface area contributed by atoms with Crippen LogP contribution in [0.15, 0.2) is 25.3 Å². The average Bonchev–Trinajstić information content (AvgIpc) is 3.85. The van der Waals surface area contributed by atoms with E-state index in [0.29, 0.717) is 22.3 Å². The van der Waals surface area contributed by atoms with Crippen molar-refractivity contribution >= 4 is 47.7 Å². The Kier molecular flexibility index (Phi) is 11.3. The number of imidazole rings is 2. The van der Waals surface area contributed by atoms with E-state index in [2.05, 4.69) is 35.2 Å². The molecule has 1 amide bonds. The van der Waals surface area contributed by atoms with Gasteiger partial charge in [-0.05, 0) is 27.7 Å². The highest BCUT2D eigenvalue weighted by molar-refractivity contribution is 7.47. The number of hydrogen-bond donors (Lipinski definition) is 4. The summed E-state index contributed by atoms with van der Waals surface area (Å²) in [4.78, 5) is 49.6. The lowest BCUT2D eigenvalue weighted by molar-refractivity contribution is -0.124. The number of nitrogens with one attached hydrogen (secondary N) is 1. The van der Waals surface area contributed by atoms with Crippen molar-refractivity contribution in [3.8, 4) is 0 Å². The summed E-state index contributed by atoms with van der Waals surface area (Å²) in [5.74, 6) is -0.499. The first-order chi connectivity index (χ1) is 24.8. The van der Waals surface area contributed by atoms with Crippen molar-refractivity contribution in [3.05, 3.63) is 25.3 Å². The molecule has 284 valence electrons. The van der Waals surface area contributed by atoms with Crippen LogP contribution in [0.3, 0.4) is 0 Å². The number of hydrogen-bond acceptors (Lipinski definition) is 17. The summed E-state index contributed by atoms with van der Waals surface area (Å²) >= 11 is 0. The van der Waals surface area contributed by atoms with Crippen LogP contribution in [-0.4, -0.2) is 120 Å². The lowest BCUT2D eigenvalue weighted by Crippen LogP contribution is -2.43. The van der Waals surface area contributed by atoms with Gasteiger partial charge in [-0.15, -0.1) is 0 Å². The van der Waals surface area contributed by atoms with Crippen molar-refractivity contribution in [2.45, 2.75) is 89.3 Å². The number of methoxy groups -OCH3 is 2. The van der Waals surface area contributed by atoms with Crippen LogP contribution in [0.2, 0.25) is 0 Å². The van der Waals surface area contributed by atoms with E-state index in [1.54, 1.807) is 29.3 Å². The number of nitrogens with zero attached hydrogens (tertiary/aromatic N) is 8. The number of fused-ring (bicyclic) bond motifs is 2. The summed E-state index contributed by atoms with van der Waals surface area (Å²) in [5.41, 5.74) is 13.5. The van der Waals surface area contributed by atoms with E-state index < -0.39 is 62.8 Å². The summed E-state index contributed by atoms with van der Waals surface area (Å²) in [6.45, 7) is 7.03. The second-order valence-corrected chi connectivity index (χ2v) is 14.3. The van der Waals surface area contributed by atoms with Gasteiger partial charge in [-0.2, -0.15) is 0 Å². The molecule has 0 radical (unpaired) electrons. The molecule has 0 bridgehead atoms. The summed E-state index contributed by atoms with van der Waals surface area (Å²) in [5, 5.41) is 2.89. The van der Waals surface area contributed by atoms with E-state index in [4.69, 9.17) is 44.2 Å². The van der Waals surface area contributed by atoms with Gasteiger partial charge in [-0.25, -0.2) is 34.5 Å². The smallest absolute Gasteiger partial charge is 0.382 e. The Morgan fingerprint density at radius 2 is 1.42 bits per heavy atom. The van der Waals surface area contributed by atoms with Gasteiger partial charge in [0, 0.05) is 33.1 Å². The normalized spacial score (nSPS) is 27.6. The SMILES string of the molecule is CO[C@@H]1[C@H](CC(=O)NC[C@H]2O[C@@H](n3cnc4c(N)ncnc43)[C@H](OC)[C@@H]2OP(=O)(O)OC(C)C)[C@@H](COC(C)C)O[C@H]1n1cnc2c(N)ncnc21. The molecule has 0 saturated carbocycles. The van der Waals surface area contributed by atoms with Gasteiger partial charge in [0.1, 0.15) is 48.1 Å². The molecule has 1 unspecified atom stereocenters. The molecule has 52 heavy (non-hydrogen) atoms. The summed E-state index contributed by atoms with van der Waals surface area (Å²) in [7, 11) is -1.69. The maximum atomic E-state index is 13.7. The average molecular weight is 750 g/mol. The summed E-state index contributed by atoms with van der Waals surface area (Å²) in [6.07, 6.45) is -1.21. The number of aromatic nitrogens is 8. The molecule has 0 aliphatic carbocycles. The highest BCUT2D eigenvalue weighted by Gasteiger charge is 2.51. The van der Waals surface area contributed by atoms with Crippen molar-refractivity contribution in [1.82, 2.24) is 44.4 Å². The number of amides is 1. The number of carbonyl (C=O) groups is 1. The third kappa shape index (κ3) is 7.73. The zero-order chi connectivity index (χ0) is 37.3. The lowest BCUT2D eigenvalue weighted by atomic mass is 9.93. The Bertz CT molecular complexity index is 1910. The number of rotatable bonds is 15. The zero-order valence-corrected chi connectivity index (χ0v) is 30.4. The van der Waals surface area contributed by atoms with Crippen molar-refractivity contribution in [3.63, 3.8) is 0 Å². The number of nitrogens with two attached hydrogens (primary N) is 2. The fourth-order valence-electron chi connectivity index (χ4n) is 6.53. The van der Waals surface area contributed by atoms with E-state index in [1.165, 1.54) is 33.2 Å². The Labute approximate surface area is 298 Å². The monoisotopic (exact) mass is 749 g/mol. The second kappa shape index (κ2) is 15.6. The molecule has 21 nitrogen and oxygen atoms in total. The molecule has 2 aliphatic rings. The molecule has 22 heteroatoms. The number of carbonyl (C=O) groups excluding carboxylic acids is 1. The maximum absolute atomic E-state index is 13.7. The molecule has 6 heterocycles. The third-order valence-electron chi connectivity index (χ3n) is 8.76. The molecule has 9 atom stereocenters. The highest BCUT2D eigenvalue weighted by Crippen LogP contribution is 2.50. The van der Waals surface area contributed by atoms with E-state index in [-0.39, 0.29) is 43.2 Å². The van der Waals surface area contributed by atoms with E-state index in [1.807, 2.05) is 13.8 Å². The summed E-state index contributed by atoms with van der Waals surface area (Å²) < 4.78 is 57.6. The van der Waals surface area contributed by atoms with Gasteiger partial charge in [-0.1, -0.05) is 0 Å². The first-order valence-electron chi connectivity index (χ1n) is 16.6. The lowest BCUT2D eigenvalue weighted by Gasteiger charge is -2.26. The molecular weight excluding hydrogens is 705 g/mol. The molecule has 6 rings (SSSR count). The van der Waals surface area contributed by atoms with Gasteiger partial charge in [0.2, 0.25) is 5.91 Å². The fraction of sp³-hybridized carbons (Fsp3) is 0.633. The van der Waals surface area contributed by atoms with Gasteiger partial charge < -0.3 is 45.4 Å². The van der Waals surface area contributed by atoms with Crippen LogP contribution in [-0.2, 0) is 42.1 Å². The zero-order valence-electron chi connectivity index (χ0n) is 29.5. The van der Waals surface area contributed by atoms with Crippen LogP contribution < -0.4 is 16.8 Å². The molecule has 0 spiro atoms. The van der Waals surface area contributed by atoms with E-state index in [0.717, 1.165) is 0 Å². The van der Waals surface area contributed by atoms with Crippen LogP contribution >= 0.6 is 7.82 Å². The quantitative estimate of drug-likeness (QED) is 0.124. The predicted molar refractivity (Wildman–Crippen MR) is 182 cm³/mol. The molecular formula is C30H44N11O10P. The topological polar surface area (TPSA) is 270 Å². The van der Waals surface area contributed by atoms with Crippen molar-refractivity contribution < 1.29 is 47.0 Å². The van der Waals surface area contributed by atoms with Gasteiger partial charge in [-0.3, -0.25) is 23.0 Å². The van der Waals surface area contributed by atoms with Crippen molar-refractivity contribution in [2.75, 3.05) is 38.8 Å². The molecule has 6 N–H and O–H groups in total. The number of nitrogen functional groups attached to an aromatic ring is 2. The van der Waals surface area contributed by atoms with Gasteiger partial charge in [0.05, 0.1) is 37.6 Å². The minimum Gasteiger partial charge on any atom is -0.382 e. The Morgan fingerprint density at radius 3 is 1.96 bits per heavy atom. The molecule has 2 saturated heterocycles. The fourth-order valence-corrected chi connectivity index (χ4v) is 7.67. The first-order valence-corrected chi connectivity index (χ1v) is 18.1. The Morgan fingerprint density at radius 1 is 0.865 bits per heavy atom. The largest absolute Gasteiger partial charge is 0.472 e. The van der Waals surface area contributed by atoms with Crippen LogP contribution in [0.1, 0.15) is 46.6 Å². The second-order valence-electron chi connectivity index (χ2n) is 12.9. The Hall–Kier alpha value is -3.92. The number of anilines is 2. The van der Waals surface area contributed by atoms with Crippen LogP contribution in [0.4, 0.5) is 11.6 Å². The van der Waals surface area contributed by atoms with Crippen LogP contribution in [0, 0.1) is 5.92 Å². The molecule has 4 aromatic heterocycles. The molecule has 0 aromatic carbocycles. The molecule has 4 aromatic rings. The molecule has 2 fully saturated rings. The Balaban J connectivity index is 1.23. The van der Waals surface area contributed by atoms with Gasteiger partial charge >= 0.3 is 7.82 Å². The van der Waals surface area contributed by atoms with E-state index in [9.17, 15) is 14.3 Å². The maximum Gasteiger partial charge on any atom is 0.472 e. The predicted octanol–water partition coefficient (Wildman–Crippen LogP) is 1.11. The highest BCUT2D eigenvalue weighted by atomic mass is 31.2. The van der Waals surface area contributed by atoms with Gasteiger partial charge in [0.25, 0.3) is 0 Å². The third-order valence-corrected chi connectivity index (χ3v) is 9.96. The minimum absolute atomic E-state index is 0.0441. The first kappa shape index (κ1) is 37.8. The number of phosphoric acid groups is 1. The van der Waals surface area contributed by atoms with Crippen LogP contribution in [0.25, 0.3) is 22.3 Å². The standard InChI is InChI=1S/C30H44N11O10P/c1-14(2)47-9-18-16(22(45-5)29(49-18)40-12-38-20-25(31)34-10-36-27(20)40)7-19(42)33-8-17-23(51-52(43,44)50-15(3)4)24(46-6)30(48-17)41-13-39-21-26(32)35-11-37-28(21)41/h10-18,22-24,29-30H,7-9H2,1-6H3,(H,33,42)(H,43,44)(H2,31,34,36)(H2,32,35,37)/t16-,17-,18-,22-,23-,24-,29-,30-/m1/s1.